The van der Waals surface area contributed by atoms with Crippen LogP contribution in [0.1, 0.15) is 45.9 Å². The molecule has 1 amide bonds. The Labute approximate surface area is 234 Å². The van der Waals surface area contributed by atoms with Crippen molar-refractivity contribution in [2.45, 2.75) is 39.4 Å². The van der Waals surface area contributed by atoms with E-state index in [1.54, 1.807) is 6.20 Å². The average molecular weight is 541 g/mol. The molecule has 2 N–H and O–H groups in total. The molecule has 0 spiro atoms. The number of nitrogens with zero attached hydrogens (tertiary/aromatic N) is 4. The lowest BCUT2D eigenvalue weighted by atomic mass is 9.96. The van der Waals surface area contributed by atoms with Crippen LogP contribution in [0, 0.1) is 20.8 Å². The van der Waals surface area contributed by atoms with Gasteiger partial charge in [0.1, 0.15) is 6.61 Å². The van der Waals surface area contributed by atoms with E-state index < -0.39 is 0 Å². The highest BCUT2D eigenvalue weighted by atomic mass is 32.1. The Hall–Kier alpha value is -4.08. The van der Waals surface area contributed by atoms with E-state index in [0.29, 0.717) is 5.11 Å². The summed E-state index contributed by atoms with van der Waals surface area (Å²) in [5, 5.41) is 7.08. The largest absolute Gasteiger partial charge is 0.375 e. The number of hydrogen-bond donors (Lipinski definition) is 2. The van der Waals surface area contributed by atoms with Crippen molar-refractivity contribution >= 4 is 34.6 Å². The van der Waals surface area contributed by atoms with Crippen LogP contribution in [-0.4, -0.2) is 39.3 Å². The zero-order valence-electron chi connectivity index (χ0n) is 22.5. The molecular formula is C30H32N6O2S. The molecule has 0 bridgehead atoms. The molecule has 4 heterocycles. The van der Waals surface area contributed by atoms with E-state index in [-0.39, 0.29) is 24.6 Å². The summed E-state index contributed by atoms with van der Waals surface area (Å²) < 4.78 is 7.28. The van der Waals surface area contributed by atoms with Crippen molar-refractivity contribution in [1.29, 1.82) is 0 Å². The maximum Gasteiger partial charge on any atom is 0.250 e. The van der Waals surface area contributed by atoms with Crippen molar-refractivity contribution in [1.82, 2.24) is 19.9 Å². The maximum atomic E-state index is 12.1. The molecule has 3 aromatic heterocycles. The minimum Gasteiger partial charge on any atom is -0.375 e. The molecule has 1 fully saturated rings. The van der Waals surface area contributed by atoms with Gasteiger partial charge in [-0.3, -0.25) is 14.8 Å². The van der Waals surface area contributed by atoms with Gasteiger partial charge in [0.05, 0.1) is 17.8 Å². The predicted molar refractivity (Wildman–Crippen MR) is 157 cm³/mol. The van der Waals surface area contributed by atoms with E-state index in [1.165, 1.54) is 18.4 Å². The van der Waals surface area contributed by atoms with Crippen LogP contribution < -0.4 is 15.5 Å². The molecule has 1 saturated heterocycles. The Morgan fingerprint density at radius 1 is 1.10 bits per heavy atom. The van der Waals surface area contributed by atoms with E-state index in [9.17, 15) is 4.79 Å². The number of thiocarbonyl (C=S) groups is 1. The topological polar surface area (TPSA) is 84.3 Å². The highest BCUT2D eigenvalue weighted by molar-refractivity contribution is 7.80. The first-order valence-corrected chi connectivity index (χ1v) is 13.2. The van der Waals surface area contributed by atoms with Crippen molar-refractivity contribution in [3.05, 3.63) is 107 Å². The van der Waals surface area contributed by atoms with Crippen LogP contribution in [-0.2, 0) is 16.1 Å². The number of aromatic nitrogens is 3. The van der Waals surface area contributed by atoms with Crippen LogP contribution in [0.15, 0.2) is 73.2 Å². The van der Waals surface area contributed by atoms with Crippen LogP contribution in [0.5, 0.6) is 0 Å². The number of hydrogen-bond acceptors (Lipinski definition) is 5. The lowest BCUT2D eigenvalue weighted by Gasteiger charge is -2.29. The third-order valence-electron chi connectivity index (χ3n) is 7.13. The molecule has 1 aromatic carbocycles. The van der Waals surface area contributed by atoms with Crippen LogP contribution in [0.25, 0.3) is 0 Å². The minimum atomic E-state index is -0.194. The lowest BCUT2D eigenvalue weighted by Crippen LogP contribution is -2.29. The number of anilines is 2. The maximum absolute atomic E-state index is 12.1. The molecule has 0 unspecified atom stereocenters. The molecule has 200 valence electrons. The van der Waals surface area contributed by atoms with Crippen molar-refractivity contribution in [3.8, 4) is 0 Å². The molecule has 4 aromatic rings. The second kappa shape index (κ2) is 11.3. The van der Waals surface area contributed by atoms with Gasteiger partial charge in [-0.25, -0.2) is 0 Å². The summed E-state index contributed by atoms with van der Waals surface area (Å²) in [6, 6.07) is 17.9. The van der Waals surface area contributed by atoms with Crippen molar-refractivity contribution in [2.75, 3.05) is 23.9 Å². The Bertz CT molecular complexity index is 1490. The van der Waals surface area contributed by atoms with Gasteiger partial charge < -0.3 is 24.8 Å². The van der Waals surface area contributed by atoms with E-state index in [2.05, 4.69) is 62.1 Å². The van der Waals surface area contributed by atoms with Gasteiger partial charge in [0.2, 0.25) is 5.91 Å². The number of nitrogens with one attached hydrogen (secondary N) is 2. The zero-order chi connectivity index (χ0) is 27.5. The first-order chi connectivity index (χ1) is 18.9. The summed E-state index contributed by atoms with van der Waals surface area (Å²) in [4.78, 5) is 23.2. The summed E-state index contributed by atoms with van der Waals surface area (Å²) >= 11 is 5.93. The van der Waals surface area contributed by atoms with Gasteiger partial charge in [-0.15, -0.1) is 0 Å². The van der Waals surface area contributed by atoms with Gasteiger partial charge in [-0.1, -0.05) is 12.1 Å². The summed E-state index contributed by atoms with van der Waals surface area (Å²) in [5.41, 5.74) is 8.18. The summed E-state index contributed by atoms with van der Waals surface area (Å²) in [6.45, 7) is 7.01. The first kappa shape index (κ1) is 26.5. The van der Waals surface area contributed by atoms with Crippen LogP contribution in [0.2, 0.25) is 0 Å². The van der Waals surface area contributed by atoms with E-state index >= 15 is 0 Å². The molecule has 0 saturated carbocycles. The van der Waals surface area contributed by atoms with Crippen molar-refractivity contribution in [3.63, 3.8) is 0 Å². The molecule has 1 aliphatic heterocycles. The fourth-order valence-corrected chi connectivity index (χ4v) is 5.59. The van der Waals surface area contributed by atoms with Crippen LogP contribution in [0.3, 0.4) is 0 Å². The molecule has 2 atom stereocenters. The Morgan fingerprint density at radius 2 is 1.95 bits per heavy atom. The highest BCUT2D eigenvalue weighted by Crippen LogP contribution is 2.44. The van der Waals surface area contributed by atoms with E-state index in [0.717, 1.165) is 40.4 Å². The molecule has 0 aliphatic carbocycles. The Balaban J connectivity index is 1.56. The molecule has 1 aliphatic rings. The van der Waals surface area contributed by atoms with Gasteiger partial charge in [0.25, 0.3) is 0 Å². The Morgan fingerprint density at radius 3 is 2.64 bits per heavy atom. The molecule has 39 heavy (non-hydrogen) atoms. The molecular weight excluding hydrogens is 508 g/mol. The highest BCUT2D eigenvalue weighted by Gasteiger charge is 2.42. The summed E-state index contributed by atoms with van der Waals surface area (Å²) in [5.74, 6) is -0.194. The number of ether oxygens (including phenoxy) is 1. The molecule has 5 rings (SSSR count). The summed E-state index contributed by atoms with van der Waals surface area (Å²) in [6.07, 6.45) is 5.51. The van der Waals surface area contributed by atoms with Crippen LogP contribution in [0.4, 0.5) is 11.4 Å². The predicted octanol–water partition coefficient (Wildman–Crippen LogP) is 5.01. The number of benzene rings is 1. The summed E-state index contributed by atoms with van der Waals surface area (Å²) in [7, 11) is 1.50. The third-order valence-corrected chi connectivity index (χ3v) is 7.45. The number of amides is 1. The monoisotopic (exact) mass is 540 g/mol. The van der Waals surface area contributed by atoms with E-state index in [4.69, 9.17) is 17.0 Å². The SMILES string of the molecule is COCC(=O)Nc1ccc(N2C(=S)N[C@@H](c3ccccn3)[C@@H]2c2cc(C)n(Cc3cccnc3)c2C)cc1C. The lowest BCUT2D eigenvalue weighted by molar-refractivity contribution is -0.119. The molecule has 0 radical (unpaired) electrons. The number of pyridine rings is 2. The van der Waals surface area contributed by atoms with E-state index in [1.807, 2.05) is 55.7 Å². The zero-order valence-corrected chi connectivity index (χ0v) is 23.3. The second-order valence-electron chi connectivity index (χ2n) is 9.75. The van der Waals surface area contributed by atoms with Crippen molar-refractivity contribution in [2.24, 2.45) is 0 Å². The fourth-order valence-electron chi connectivity index (χ4n) is 5.25. The van der Waals surface area contributed by atoms with Gasteiger partial charge in [-0.05, 0) is 92.1 Å². The first-order valence-electron chi connectivity index (χ1n) is 12.8. The number of rotatable bonds is 8. The van der Waals surface area contributed by atoms with Gasteiger partial charge in [-0.2, -0.15) is 0 Å². The average Bonchev–Trinajstić information content (AvgIpc) is 3.42. The third kappa shape index (κ3) is 5.41. The van der Waals surface area contributed by atoms with Crippen LogP contribution >= 0.6 is 12.2 Å². The Kier molecular flexibility index (Phi) is 7.72. The van der Waals surface area contributed by atoms with Gasteiger partial charge in [0.15, 0.2) is 5.11 Å². The number of methoxy groups -OCH3 is 1. The molecule has 8 nitrogen and oxygen atoms in total. The quantitative estimate of drug-likeness (QED) is 0.304. The number of carbonyl (C=O) groups excluding carboxylic acids is 1. The van der Waals surface area contributed by atoms with Crippen molar-refractivity contribution < 1.29 is 9.53 Å². The van der Waals surface area contributed by atoms with Gasteiger partial charge in [0, 0.05) is 55.0 Å². The standard InChI is InChI=1S/C30H32N6O2S/c1-19-14-23(10-11-25(19)33-27(37)18-38-4)36-29(28(34-30(36)39)26-9-5-6-13-32-26)24-15-20(2)35(21(24)3)17-22-8-7-12-31-16-22/h5-16,28-29H,17-18H2,1-4H3,(H,33,37)(H,34,39)/t28-,29-/m0/s1. The van der Waals surface area contributed by atoms with Gasteiger partial charge >= 0.3 is 0 Å². The number of aryl methyl sites for hydroxylation is 2. The molecule has 9 heteroatoms. The second-order valence-corrected chi connectivity index (χ2v) is 10.1. The minimum absolute atomic E-state index is 0.00378. The number of carbonyl (C=O) groups is 1. The fraction of sp³-hybridized carbons (Fsp3) is 0.267. The smallest absolute Gasteiger partial charge is 0.250 e. The normalized spacial score (nSPS) is 16.8.